The highest BCUT2D eigenvalue weighted by Gasteiger charge is 2.12. The van der Waals surface area contributed by atoms with E-state index in [-0.39, 0.29) is 18.0 Å². The second kappa shape index (κ2) is 7.47. The standard InChI is InChI=1S/C17H20O2/c1-4-8-14-9-6-7-10-15(14)12-17(19)13(3)11-16(18)5-2/h4,6-10H,3,5,11-12H2,1-2H3/b8-4-. The molecule has 1 aromatic rings. The second-order valence-corrected chi connectivity index (χ2v) is 4.47. The van der Waals surface area contributed by atoms with Crippen LogP contribution in [0.15, 0.2) is 42.5 Å². The predicted octanol–water partition coefficient (Wildman–Crippen LogP) is 3.76. The van der Waals surface area contributed by atoms with Crippen molar-refractivity contribution in [3.05, 3.63) is 53.6 Å². The van der Waals surface area contributed by atoms with Crippen molar-refractivity contribution in [2.45, 2.75) is 33.1 Å². The highest BCUT2D eigenvalue weighted by Crippen LogP contribution is 2.14. The summed E-state index contributed by atoms with van der Waals surface area (Å²) in [6.07, 6.45) is 4.83. The third kappa shape index (κ3) is 4.66. The van der Waals surface area contributed by atoms with E-state index in [1.807, 2.05) is 43.3 Å². The second-order valence-electron chi connectivity index (χ2n) is 4.47. The quantitative estimate of drug-likeness (QED) is 0.696. The van der Waals surface area contributed by atoms with Crippen LogP contribution in [-0.4, -0.2) is 11.6 Å². The van der Waals surface area contributed by atoms with Crippen LogP contribution in [0.3, 0.4) is 0 Å². The van der Waals surface area contributed by atoms with Crippen molar-refractivity contribution in [1.29, 1.82) is 0 Å². The average molecular weight is 256 g/mol. The molecular formula is C17H20O2. The van der Waals surface area contributed by atoms with Gasteiger partial charge in [-0.3, -0.25) is 9.59 Å². The number of carbonyl (C=O) groups is 2. The summed E-state index contributed by atoms with van der Waals surface area (Å²) in [5.41, 5.74) is 2.41. The lowest BCUT2D eigenvalue weighted by Crippen LogP contribution is -2.10. The van der Waals surface area contributed by atoms with E-state index in [0.717, 1.165) is 11.1 Å². The van der Waals surface area contributed by atoms with Gasteiger partial charge in [0.1, 0.15) is 5.78 Å². The van der Waals surface area contributed by atoms with E-state index in [0.29, 0.717) is 18.4 Å². The third-order valence-electron chi connectivity index (χ3n) is 2.95. The Morgan fingerprint density at radius 1 is 1.26 bits per heavy atom. The zero-order valence-electron chi connectivity index (χ0n) is 11.6. The van der Waals surface area contributed by atoms with Crippen molar-refractivity contribution in [1.82, 2.24) is 0 Å². The Labute approximate surface area is 114 Å². The molecule has 2 heteroatoms. The van der Waals surface area contributed by atoms with Crippen molar-refractivity contribution in [2.24, 2.45) is 0 Å². The van der Waals surface area contributed by atoms with E-state index in [4.69, 9.17) is 0 Å². The summed E-state index contributed by atoms with van der Waals surface area (Å²) in [7, 11) is 0. The van der Waals surface area contributed by atoms with E-state index in [1.165, 1.54) is 0 Å². The molecule has 0 aliphatic rings. The maximum atomic E-state index is 12.0. The Kier molecular flexibility index (Phi) is 5.94. The van der Waals surface area contributed by atoms with Gasteiger partial charge in [-0.15, -0.1) is 0 Å². The summed E-state index contributed by atoms with van der Waals surface area (Å²) in [6.45, 7) is 7.46. The van der Waals surface area contributed by atoms with Crippen LogP contribution in [0.1, 0.15) is 37.8 Å². The van der Waals surface area contributed by atoms with Crippen LogP contribution in [0.4, 0.5) is 0 Å². The van der Waals surface area contributed by atoms with E-state index < -0.39 is 0 Å². The van der Waals surface area contributed by atoms with Crippen LogP contribution in [0, 0.1) is 0 Å². The number of hydrogen-bond donors (Lipinski definition) is 0. The highest BCUT2D eigenvalue weighted by molar-refractivity contribution is 6.01. The molecule has 0 saturated carbocycles. The SMILES string of the molecule is C=C(CC(=O)CC)C(=O)Cc1ccccc1/C=C\C. The van der Waals surface area contributed by atoms with Crippen LogP contribution in [0.2, 0.25) is 0 Å². The van der Waals surface area contributed by atoms with Gasteiger partial charge in [0.25, 0.3) is 0 Å². The Hall–Kier alpha value is -1.96. The van der Waals surface area contributed by atoms with Gasteiger partial charge in [-0.1, -0.05) is 49.9 Å². The molecule has 0 N–H and O–H groups in total. The van der Waals surface area contributed by atoms with Crippen molar-refractivity contribution >= 4 is 17.6 Å². The largest absolute Gasteiger partial charge is 0.299 e. The fourth-order valence-electron chi connectivity index (χ4n) is 1.80. The molecule has 0 aliphatic heterocycles. The van der Waals surface area contributed by atoms with E-state index in [2.05, 4.69) is 6.58 Å². The molecule has 1 aromatic carbocycles. The average Bonchev–Trinajstić information content (AvgIpc) is 2.41. The van der Waals surface area contributed by atoms with Gasteiger partial charge in [-0.25, -0.2) is 0 Å². The molecule has 0 spiro atoms. The molecule has 0 amide bonds. The molecule has 0 atom stereocenters. The fourth-order valence-corrected chi connectivity index (χ4v) is 1.80. The van der Waals surface area contributed by atoms with Crippen LogP contribution >= 0.6 is 0 Å². The molecule has 1 rings (SSSR count). The number of benzene rings is 1. The van der Waals surface area contributed by atoms with Crippen molar-refractivity contribution in [2.75, 3.05) is 0 Å². The van der Waals surface area contributed by atoms with Crippen molar-refractivity contribution in [3.8, 4) is 0 Å². The van der Waals surface area contributed by atoms with Gasteiger partial charge in [0.15, 0.2) is 5.78 Å². The maximum absolute atomic E-state index is 12.0. The smallest absolute Gasteiger partial charge is 0.163 e. The summed E-state index contributed by atoms with van der Waals surface area (Å²) in [4.78, 5) is 23.4. The summed E-state index contributed by atoms with van der Waals surface area (Å²) in [6, 6.07) is 7.76. The van der Waals surface area contributed by atoms with Crippen LogP contribution in [-0.2, 0) is 16.0 Å². The van der Waals surface area contributed by atoms with Crippen molar-refractivity contribution < 1.29 is 9.59 Å². The predicted molar refractivity (Wildman–Crippen MR) is 78.9 cm³/mol. The number of Topliss-reactive ketones (excluding diaryl/α,β-unsaturated/α-hetero) is 2. The number of carbonyl (C=O) groups excluding carboxylic acids is 2. The molecule has 0 unspecified atom stereocenters. The fraction of sp³-hybridized carbons (Fsp3) is 0.294. The topological polar surface area (TPSA) is 34.1 Å². The molecule has 2 nitrogen and oxygen atoms in total. The first-order valence-electron chi connectivity index (χ1n) is 6.51. The first-order valence-corrected chi connectivity index (χ1v) is 6.51. The molecule has 0 saturated heterocycles. The lowest BCUT2D eigenvalue weighted by Gasteiger charge is -2.07. The Bertz CT molecular complexity index is 510. The summed E-state index contributed by atoms with van der Waals surface area (Å²) in [5, 5.41) is 0. The van der Waals surface area contributed by atoms with Gasteiger partial charge in [-0.2, -0.15) is 0 Å². The minimum atomic E-state index is -0.0567. The van der Waals surface area contributed by atoms with E-state index in [9.17, 15) is 9.59 Å². The van der Waals surface area contributed by atoms with Gasteiger partial charge in [-0.05, 0) is 23.6 Å². The van der Waals surface area contributed by atoms with Crippen LogP contribution < -0.4 is 0 Å². The van der Waals surface area contributed by atoms with Gasteiger partial charge in [0, 0.05) is 19.3 Å². The minimum Gasteiger partial charge on any atom is -0.299 e. The molecule has 0 bridgehead atoms. The number of hydrogen-bond acceptors (Lipinski definition) is 2. The molecule has 0 aromatic heterocycles. The summed E-state index contributed by atoms with van der Waals surface area (Å²) in [5.74, 6) is -0.00107. The van der Waals surface area contributed by atoms with Gasteiger partial charge in [0.05, 0.1) is 0 Å². The highest BCUT2D eigenvalue weighted by atomic mass is 16.1. The molecule has 0 radical (unpaired) electrons. The van der Waals surface area contributed by atoms with E-state index in [1.54, 1.807) is 6.92 Å². The third-order valence-corrected chi connectivity index (χ3v) is 2.95. The van der Waals surface area contributed by atoms with Gasteiger partial charge >= 0.3 is 0 Å². The molecule has 0 aliphatic carbocycles. The van der Waals surface area contributed by atoms with E-state index >= 15 is 0 Å². The number of ketones is 2. The normalized spacial score (nSPS) is 10.6. The zero-order chi connectivity index (χ0) is 14.3. The van der Waals surface area contributed by atoms with Gasteiger partial charge in [0.2, 0.25) is 0 Å². The summed E-state index contributed by atoms with van der Waals surface area (Å²) >= 11 is 0. The lowest BCUT2D eigenvalue weighted by atomic mass is 9.96. The first-order chi connectivity index (χ1) is 9.08. The lowest BCUT2D eigenvalue weighted by molar-refractivity contribution is -0.120. The molecule has 19 heavy (non-hydrogen) atoms. The van der Waals surface area contributed by atoms with Crippen LogP contribution in [0.25, 0.3) is 6.08 Å². The van der Waals surface area contributed by atoms with Gasteiger partial charge < -0.3 is 0 Å². The molecular weight excluding hydrogens is 236 g/mol. The molecule has 0 fully saturated rings. The first kappa shape index (κ1) is 15.1. The van der Waals surface area contributed by atoms with Crippen molar-refractivity contribution in [3.63, 3.8) is 0 Å². The number of rotatable bonds is 7. The summed E-state index contributed by atoms with van der Waals surface area (Å²) < 4.78 is 0. The van der Waals surface area contributed by atoms with Crippen LogP contribution in [0.5, 0.6) is 0 Å². The number of allylic oxidation sites excluding steroid dienone is 2. The minimum absolute atomic E-state index is 0.0556. The Balaban J connectivity index is 2.77. The monoisotopic (exact) mass is 256 g/mol. The zero-order valence-corrected chi connectivity index (χ0v) is 11.6. The Morgan fingerprint density at radius 2 is 1.95 bits per heavy atom. The molecule has 100 valence electrons. The molecule has 0 heterocycles. The maximum Gasteiger partial charge on any atom is 0.163 e. The Morgan fingerprint density at radius 3 is 2.58 bits per heavy atom.